The molecule has 1 unspecified atom stereocenters. The van der Waals surface area contributed by atoms with Gasteiger partial charge in [-0.3, -0.25) is 9.98 Å². The summed E-state index contributed by atoms with van der Waals surface area (Å²) in [5, 5.41) is 17.5. The average Bonchev–Trinajstić information content (AvgIpc) is 3.07. The molecule has 132 valence electrons. The number of halogens is 1. The van der Waals surface area contributed by atoms with Crippen LogP contribution in [0.4, 0.5) is 11.4 Å². The molecule has 0 saturated heterocycles. The molecular weight excluding hydrogens is 366 g/mol. The number of aromatic nitrogens is 1. The summed E-state index contributed by atoms with van der Waals surface area (Å²) in [4.78, 5) is 12.8. The summed E-state index contributed by atoms with van der Waals surface area (Å²) in [6.45, 7) is 0. The van der Waals surface area contributed by atoms with E-state index in [1.165, 1.54) is 6.20 Å². The van der Waals surface area contributed by atoms with Crippen molar-refractivity contribution in [2.75, 3.05) is 12.4 Å². The van der Waals surface area contributed by atoms with E-state index in [0.717, 1.165) is 0 Å². The molecule has 1 N–H and O–H groups in total. The van der Waals surface area contributed by atoms with E-state index in [1.807, 2.05) is 6.07 Å². The number of nitriles is 1. The van der Waals surface area contributed by atoms with Crippen LogP contribution >= 0.6 is 11.6 Å². The number of nitrogens with one attached hydrogen (secondary N) is 1. The number of methoxy groups -OCH3 is 1. The molecule has 8 nitrogen and oxygen atoms in total. The molecule has 9 heteroatoms. The van der Waals surface area contributed by atoms with Crippen molar-refractivity contribution in [3.8, 4) is 11.8 Å². The van der Waals surface area contributed by atoms with Crippen LogP contribution in [0.25, 0.3) is 0 Å². The molecule has 4 rings (SSSR count). The molecule has 2 aliphatic rings. The Kier molecular flexibility index (Phi) is 4.16. The van der Waals surface area contributed by atoms with E-state index in [9.17, 15) is 5.26 Å². The normalized spacial score (nSPS) is 19.7. The topological polar surface area (TPSA) is 95.0 Å². The highest BCUT2D eigenvalue weighted by atomic mass is 35.5. The van der Waals surface area contributed by atoms with Gasteiger partial charge in [-0.25, -0.2) is 0 Å². The van der Waals surface area contributed by atoms with Crippen LogP contribution in [0.3, 0.4) is 0 Å². The van der Waals surface area contributed by atoms with Crippen LogP contribution in [-0.4, -0.2) is 30.1 Å². The third-order valence-corrected chi connectivity index (χ3v) is 4.33. The van der Waals surface area contributed by atoms with Gasteiger partial charge in [0.1, 0.15) is 18.0 Å². The van der Waals surface area contributed by atoms with Gasteiger partial charge in [0.15, 0.2) is 11.9 Å². The highest BCUT2D eigenvalue weighted by Gasteiger charge is 2.43. The van der Waals surface area contributed by atoms with E-state index in [4.69, 9.17) is 21.4 Å². The van der Waals surface area contributed by atoms with Crippen LogP contribution in [0.2, 0.25) is 5.02 Å². The lowest BCUT2D eigenvalue weighted by Gasteiger charge is -2.23. The second kappa shape index (κ2) is 6.64. The zero-order chi connectivity index (χ0) is 18.9. The third-order valence-electron chi connectivity index (χ3n) is 4.04. The van der Waals surface area contributed by atoms with Gasteiger partial charge in [0.2, 0.25) is 0 Å². The Morgan fingerprint density at radius 2 is 2.15 bits per heavy atom. The number of ether oxygens (including phenoxy) is 1. The number of guanidine groups is 1. The summed E-state index contributed by atoms with van der Waals surface area (Å²) in [7, 11) is 1.56. The van der Waals surface area contributed by atoms with E-state index in [2.05, 4.69) is 26.4 Å². The van der Waals surface area contributed by atoms with Gasteiger partial charge in [0, 0.05) is 18.0 Å². The Morgan fingerprint density at radius 1 is 1.26 bits per heavy atom. The zero-order valence-electron chi connectivity index (χ0n) is 14.2. The first kappa shape index (κ1) is 16.9. The molecule has 0 radical (unpaired) electrons. The second-order valence-electron chi connectivity index (χ2n) is 5.67. The van der Waals surface area contributed by atoms with Gasteiger partial charge in [-0.2, -0.15) is 10.3 Å². The molecule has 1 aromatic heterocycles. The number of amidine groups is 1. The smallest absolute Gasteiger partial charge is 0.287 e. The summed E-state index contributed by atoms with van der Waals surface area (Å²) in [6, 6.07) is 9.12. The number of anilines is 1. The van der Waals surface area contributed by atoms with Crippen LogP contribution < -0.4 is 14.6 Å². The number of benzene rings is 1. The van der Waals surface area contributed by atoms with Crippen LogP contribution in [0, 0.1) is 11.3 Å². The Hall–Kier alpha value is -3.54. The van der Waals surface area contributed by atoms with Crippen LogP contribution in [0.5, 0.6) is 5.75 Å². The van der Waals surface area contributed by atoms with Crippen molar-refractivity contribution in [3.05, 3.63) is 59.6 Å². The predicted molar refractivity (Wildman–Crippen MR) is 105 cm³/mol. The molecule has 2 aliphatic heterocycles. The van der Waals surface area contributed by atoms with Crippen molar-refractivity contribution in [2.24, 2.45) is 15.1 Å². The number of hydrogen-bond donors (Lipinski definition) is 1. The number of quaternary nitrogens is 1. The Morgan fingerprint density at radius 3 is 2.93 bits per heavy atom. The third kappa shape index (κ3) is 2.95. The van der Waals surface area contributed by atoms with E-state index >= 15 is 0 Å². The van der Waals surface area contributed by atoms with Crippen molar-refractivity contribution in [3.63, 3.8) is 0 Å². The van der Waals surface area contributed by atoms with Gasteiger partial charge in [-0.15, -0.1) is 0 Å². The number of pyridine rings is 1. The maximum Gasteiger partial charge on any atom is 0.287 e. The van der Waals surface area contributed by atoms with Gasteiger partial charge >= 0.3 is 0 Å². The zero-order valence-corrected chi connectivity index (χ0v) is 14.9. The van der Waals surface area contributed by atoms with Crippen molar-refractivity contribution >= 4 is 41.0 Å². The fraction of sp³-hybridized carbons (Fsp3) is 0.0556. The molecule has 3 heterocycles. The van der Waals surface area contributed by atoms with Crippen LogP contribution in [0.1, 0.15) is 5.56 Å². The maximum atomic E-state index is 9.17. The van der Waals surface area contributed by atoms with Crippen molar-refractivity contribution in [2.45, 2.75) is 0 Å². The minimum absolute atomic E-state index is 0.0573. The van der Waals surface area contributed by atoms with E-state index in [-0.39, 0.29) is 4.59 Å². The summed E-state index contributed by atoms with van der Waals surface area (Å²) < 4.78 is 5.11. The SMILES string of the molecule is COc1ccc(NC2=N[N+]3(c4cncc(C#N)c4)C=CN=CC3=N2)cc1Cl. The Balaban J connectivity index is 1.72. The van der Waals surface area contributed by atoms with E-state index in [0.29, 0.717) is 39.5 Å². The number of nitrogens with zero attached hydrogens (tertiary/aromatic N) is 6. The minimum atomic E-state index is -0.0573. The molecule has 2 aromatic rings. The van der Waals surface area contributed by atoms with Crippen LogP contribution in [0.15, 0.2) is 64.1 Å². The van der Waals surface area contributed by atoms with E-state index in [1.54, 1.807) is 50.1 Å². The van der Waals surface area contributed by atoms with Gasteiger partial charge < -0.3 is 10.1 Å². The quantitative estimate of drug-likeness (QED) is 0.829. The fourth-order valence-corrected chi connectivity index (χ4v) is 3.01. The highest BCUT2D eigenvalue weighted by molar-refractivity contribution is 6.38. The lowest BCUT2D eigenvalue weighted by Crippen LogP contribution is -2.44. The van der Waals surface area contributed by atoms with Crippen LogP contribution in [-0.2, 0) is 0 Å². The number of aliphatic imine (C=N–C) groups is 2. The molecule has 27 heavy (non-hydrogen) atoms. The molecular formula is C18H13ClN7O+. The first-order chi connectivity index (χ1) is 13.1. The van der Waals surface area contributed by atoms with Crippen molar-refractivity contribution in [1.82, 2.24) is 9.58 Å². The summed E-state index contributed by atoms with van der Waals surface area (Å²) in [5.74, 6) is 1.54. The van der Waals surface area contributed by atoms with Crippen molar-refractivity contribution < 1.29 is 4.74 Å². The molecule has 0 bridgehead atoms. The second-order valence-corrected chi connectivity index (χ2v) is 6.08. The average molecular weight is 379 g/mol. The molecule has 0 fully saturated rings. The Labute approximate surface area is 160 Å². The molecule has 1 aromatic carbocycles. The number of hydrogen-bond acceptors (Lipinski definition) is 7. The summed E-state index contributed by atoms with van der Waals surface area (Å²) in [6.07, 6.45) is 8.18. The molecule has 0 saturated carbocycles. The number of fused-ring (bicyclic) bond motifs is 1. The van der Waals surface area contributed by atoms with Gasteiger partial charge in [-0.1, -0.05) is 16.2 Å². The van der Waals surface area contributed by atoms with Gasteiger partial charge in [0.25, 0.3) is 11.8 Å². The first-order valence-electron chi connectivity index (χ1n) is 7.90. The molecule has 0 aliphatic carbocycles. The fourth-order valence-electron chi connectivity index (χ4n) is 2.76. The lowest BCUT2D eigenvalue weighted by atomic mass is 10.2. The standard InChI is InChI=1S/C18H13ClN7O/c1-27-16-3-2-13(7-15(16)19)23-18-24-17-11-21-4-5-26(17,25-18)14-6-12(8-20)9-22-10-14/h2-7,9-11H,1H3,(H,23,25)/q+1. The molecule has 1 atom stereocenters. The number of rotatable bonds is 3. The highest BCUT2D eigenvalue weighted by Crippen LogP contribution is 2.32. The minimum Gasteiger partial charge on any atom is -0.495 e. The Bertz CT molecular complexity index is 1080. The molecule has 0 spiro atoms. The molecule has 0 amide bonds. The first-order valence-corrected chi connectivity index (χ1v) is 8.28. The lowest BCUT2D eigenvalue weighted by molar-refractivity contribution is 0.415. The van der Waals surface area contributed by atoms with E-state index < -0.39 is 0 Å². The largest absolute Gasteiger partial charge is 0.495 e. The van der Waals surface area contributed by atoms with Gasteiger partial charge in [0.05, 0.1) is 30.1 Å². The van der Waals surface area contributed by atoms with Crippen molar-refractivity contribution in [1.29, 1.82) is 5.26 Å². The van der Waals surface area contributed by atoms with Gasteiger partial charge in [-0.05, 0) is 23.3 Å². The monoisotopic (exact) mass is 378 g/mol. The predicted octanol–water partition coefficient (Wildman–Crippen LogP) is 3.27. The summed E-state index contributed by atoms with van der Waals surface area (Å²) in [5.41, 5.74) is 1.83. The maximum absolute atomic E-state index is 9.17. The summed E-state index contributed by atoms with van der Waals surface area (Å²) >= 11 is 6.18.